The maximum atomic E-state index is 12.4. The first kappa shape index (κ1) is 15.2. The van der Waals surface area contributed by atoms with Gasteiger partial charge in [-0.05, 0) is 37.7 Å². The number of thioether (sulfide) groups is 1. The fraction of sp³-hybridized carbons (Fsp3) is 0.600. The van der Waals surface area contributed by atoms with Crippen molar-refractivity contribution in [1.29, 1.82) is 0 Å². The lowest BCUT2D eigenvalue weighted by molar-refractivity contribution is 0.0929. The number of aromatic nitrogens is 1. The van der Waals surface area contributed by atoms with E-state index in [0.29, 0.717) is 16.6 Å². The molecule has 1 saturated carbocycles. The first-order chi connectivity index (χ1) is 9.63. The summed E-state index contributed by atoms with van der Waals surface area (Å²) in [4.78, 5) is 16.6. The SMILES string of the molecule is CCc1cc(C(=O)NC2CCCCC2SC)cc(N)n1. The summed E-state index contributed by atoms with van der Waals surface area (Å²) in [5.41, 5.74) is 7.25. The van der Waals surface area contributed by atoms with Gasteiger partial charge >= 0.3 is 0 Å². The Hall–Kier alpha value is -1.23. The number of rotatable bonds is 4. The number of pyridine rings is 1. The number of carbonyl (C=O) groups is 1. The molecule has 1 aliphatic rings. The molecule has 0 spiro atoms. The highest BCUT2D eigenvalue weighted by Gasteiger charge is 2.26. The zero-order valence-corrected chi connectivity index (χ0v) is 13.0. The van der Waals surface area contributed by atoms with Crippen molar-refractivity contribution in [3.63, 3.8) is 0 Å². The third-order valence-corrected chi connectivity index (χ3v) is 5.01. The summed E-state index contributed by atoms with van der Waals surface area (Å²) in [5.74, 6) is 0.388. The zero-order chi connectivity index (χ0) is 14.5. The van der Waals surface area contributed by atoms with Gasteiger partial charge in [-0.3, -0.25) is 4.79 Å². The monoisotopic (exact) mass is 293 g/mol. The Bertz CT molecular complexity index is 478. The number of nitrogens with zero attached hydrogens (tertiary/aromatic N) is 1. The van der Waals surface area contributed by atoms with Crippen molar-refractivity contribution >= 4 is 23.5 Å². The summed E-state index contributed by atoms with van der Waals surface area (Å²) >= 11 is 1.85. The van der Waals surface area contributed by atoms with Gasteiger partial charge in [0.05, 0.1) is 0 Å². The first-order valence-corrected chi connectivity index (χ1v) is 8.53. The highest BCUT2D eigenvalue weighted by Crippen LogP contribution is 2.27. The van der Waals surface area contributed by atoms with Crippen LogP contribution in [-0.2, 0) is 6.42 Å². The van der Waals surface area contributed by atoms with Crippen molar-refractivity contribution in [2.24, 2.45) is 0 Å². The molecule has 4 nitrogen and oxygen atoms in total. The molecule has 0 saturated heterocycles. The van der Waals surface area contributed by atoms with E-state index in [0.717, 1.165) is 18.5 Å². The third kappa shape index (κ3) is 3.66. The minimum atomic E-state index is -0.0280. The number of aryl methyl sites for hydroxylation is 1. The van der Waals surface area contributed by atoms with E-state index in [1.807, 2.05) is 24.8 Å². The minimum absolute atomic E-state index is 0.0280. The lowest BCUT2D eigenvalue weighted by Gasteiger charge is -2.31. The largest absolute Gasteiger partial charge is 0.384 e. The molecule has 2 atom stereocenters. The van der Waals surface area contributed by atoms with Crippen LogP contribution in [0, 0.1) is 0 Å². The van der Waals surface area contributed by atoms with Crippen molar-refractivity contribution in [2.45, 2.75) is 50.3 Å². The second-order valence-electron chi connectivity index (χ2n) is 5.26. The Morgan fingerprint density at radius 1 is 1.45 bits per heavy atom. The molecular formula is C15H23N3OS. The molecule has 110 valence electrons. The Balaban J connectivity index is 2.09. The highest BCUT2D eigenvalue weighted by molar-refractivity contribution is 7.99. The van der Waals surface area contributed by atoms with E-state index < -0.39 is 0 Å². The van der Waals surface area contributed by atoms with Crippen LogP contribution in [-0.4, -0.2) is 28.4 Å². The molecule has 5 heteroatoms. The lowest BCUT2D eigenvalue weighted by atomic mass is 9.94. The number of nitrogen functional groups attached to an aromatic ring is 1. The van der Waals surface area contributed by atoms with Gasteiger partial charge in [0.1, 0.15) is 5.82 Å². The van der Waals surface area contributed by atoms with Crippen LogP contribution in [0.15, 0.2) is 12.1 Å². The van der Waals surface area contributed by atoms with Crippen molar-refractivity contribution in [3.05, 3.63) is 23.4 Å². The highest BCUT2D eigenvalue weighted by atomic mass is 32.2. The molecule has 1 aliphatic carbocycles. The predicted molar refractivity (Wildman–Crippen MR) is 85.1 cm³/mol. The number of nitrogens with two attached hydrogens (primary N) is 1. The van der Waals surface area contributed by atoms with Crippen LogP contribution < -0.4 is 11.1 Å². The maximum absolute atomic E-state index is 12.4. The summed E-state index contributed by atoms with van der Waals surface area (Å²) in [6.45, 7) is 2.01. The smallest absolute Gasteiger partial charge is 0.251 e. The summed E-state index contributed by atoms with van der Waals surface area (Å²) in [7, 11) is 0. The number of amides is 1. The van der Waals surface area contributed by atoms with E-state index in [1.54, 1.807) is 6.07 Å². The van der Waals surface area contributed by atoms with Crippen LogP contribution in [0.5, 0.6) is 0 Å². The molecule has 3 N–H and O–H groups in total. The molecule has 20 heavy (non-hydrogen) atoms. The molecule has 2 rings (SSSR count). The molecule has 1 heterocycles. The van der Waals surface area contributed by atoms with Gasteiger partial charge in [0.15, 0.2) is 0 Å². The molecule has 0 aliphatic heterocycles. The second kappa shape index (κ2) is 6.97. The number of hydrogen-bond acceptors (Lipinski definition) is 4. The minimum Gasteiger partial charge on any atom is -0.384 e. The van der Waals surface area contributed by atoms with Gasteiger partial charge in [0, 0.05) is 22.5 Å². The van der Waals surface area contributed by atoms with E-state index in [-0.39, 0.29) is 11.9 Å². The fourth-order valence-electron chi connectivity index (χ4n) is 2.72. The maximum Gasteiger partial charge on any atom is 0.251 e. The Morgan fingerprint density at radius 3 is 2.90 bits per heavy atom. The van der Waals surface area contributed by atoms with E-state index in [4.69, 9.17) is 5.73 Å². The number of anilines is 1. The van der Waals surface area contributed by atoms with Crippen LogP contribution >= 0.6 is 11.8 Å². The molecule has 1 amide bonds. The Kier molecular flexibility index (Phi) is 5.29. The van der Waals surface area contributed by atoms with E-state index in [9.17, 15) is 4.79 Å². The molecule has 1 fully saturated rings. The summed E-state index contributed by atoms with van der Waals surface area (Å²) in [5, 5.41) is 3.70. The van der Waals surface area contributed by atoms with Crippen molar-refractivity contribution in [3.8, 4) is 0 Å². The molecule has 0 bridgehead atoms. The first-order valence-electron chi connectivity index (χ1n) is 7.24. The Morgan fingerprint density at radius 2 is 2.20 bits per heavy atom. The second-order valence-corrected chi connectivity index (χ2v) is 6.34. The summed E-state index contributed by atoms with van der Waals surface area (Å²) < 4.78 is 0. The number of carbonyl (C=O) groups excluding carboxylic acids is 1. The van der Waals surface area contributed by atoms with Gasteiger partial charge in [0.25, 0.3) is 5.91 Å². The van der Waals surface area contributed by atoms with Crippen LogP contribution in [0.4, 0.5) is 5.82 Å². The average molecular weight is 293 g/mol. The average Bonchev–Trinajstić information content (AvgIpc) is 2.47. The van der Waals surface area contributed by atoms with Crippen LogP contribution in [0.2, 0.25) is 0 Å². The van der Waals surface area contributed by atoms with Gasteiger partial charge in [-0.25, -0.2) is 4.98 Å². The summed E-state index contributed by atoms with van der Waals surface area (Å²) in [6, 6.07) is 3.76. The van der Waals surface area contributed by atoms with Crippen molar-refractivity contribution in [1.82, 2.24) is 10.3 Å². The number of hydrogen-bond donors (Lipinski definition) is 2. The molecule has 0 aromatic carbocycles. The van der Waals surface area contributed by atoms with Gasteiger partial charge in [-0.15, -0.1) is 0 Å². The Labute approximate surface area is 124 Å². The van der Waals surface area contributed by atoms with Crippen LogP contribution in [0.25, 0.3) is 0 Å². The van der Waals surface area contributed by atoms with E-state index in [2.05, 4.69) is 16.6 Å². The zero-order valence-electron chi connectivity index (χ0n) is 12.2. The predicted octanol–water partition coefficient (Wildman–Crippen LogP) is 2.63. The topological polar surface area (TPSA) is 68.0 Å². The fourth-order valence-corrected chi connectivity index (χ4v) is 3.65. The lowest BCUT2D eigenvalue weighted by Crippen LogP contribution is -2.43. The standard InChI is InChI=1S/C15H23N3OS/c1-3-11-8-10(9-14(16)17-11)15(19)18-12-6-4-5-7-13(12)20-2/h8-9,12-13H,3-7H2,1-2H3,(H2,16,17)(H,18,19). The van der Waals surface area contributed by atoms with Gasteiger partial charge in [-0.1, -0.05) is 19.8 Å². The third-order valence-electron chi connectivity index (χ3n) is 3.84. The van der Waals surface area contributed by atoms with Crippen LogP contribution in [0.3, 0.4) is 0 Å². The summed E-state index contributed by atoms with van der Waals surface area (Å²) in [6.07, 6.45) is 7.61. The van der Waals surface area contributed by atoms with Crippen molar-refractivity contribution < 1.29 is 4.79 Å². The van der Waals surface area contributed by atoms with Gasteiger partial charge < -0.3 is 11.1 Å². The van der Waals surface area contributed by atoms with Gasteiger partial charge in [-0.2, -0.15) is 11.8 Å². The van der Waals surface area contributed by atoms with E-state index >= 15 is 0 Å². The molecule has 1 aromatic rings. The van der Waals surface area contributed by atoms with E-state index in [1.165, 1.54) is 19.3 Å². The van der Waals surface area contributed by atoms with Crippen LogP contribution in [0.1, 0.15) is 48.7 Å². The number of nitrogens with one attached hydrogen (secondary N) is 1. The molecule has 0 radical (unpaired) electrons. The van der Waals surface area contributed by atoms with Crippen molar-refractivity contribution in [2.75, 3.05) is 12.0 Å². The molecular weight excluding hydrogens is 270 g/mol. The van der Waals surface area contributed by atoms with Gasteiger partial charge in [0.2, 0.25) is 0 Å². The molecule has 2 unspecified atom stereocenters. The normalized spacial score (nSPS) is 22.5. The quantitative estimate of drug-likeness (QED) is 0.895. The molecule has 1 aromatic heterocycles.